The Balaban J connectivity index is 2.33. The van der Waals surface area contributed by atoms with E-state index in [1.807, 2.05) is 0 Å². The number of alkyl halides is 1. The lowest BCUT2D eigenvalue weighted by atomic mass is 9.93. The monoisotopic (exact) mass is 171 g/mol. The first-order chi connectivity index (χ1) is 5.64. The van der Waals surface area contributed by atoms with Crippen molar-refractivity contribution in [1.82, 2.24) is 5.32 Å². The molecule has 0 saturated carbocycles. The van der Waals surface area contributed by atoms with Crippen LogP contribution in [0.1, 0.15) is 32.6 Å². The van der Waals surface area contributed by atoms with Crippen LogP contribution in [-0.4, -0.2) is 18.3 Å². The summed E-state index contributed by atoms with van der Waals surface area (Å²) in [6, 6.07) is 0.353. The Bertz CT molecular complexity index is 148. The van der Waals surface area contributed by atoms with E-state index < -0.39 is 5.67 Å². The molecule has 1 heterocycles. The molecule has 1 nitrogen and oxygen atoms in total. The van der Waals surface area contributed by atoms with Crippen molar-refractivity contribution >= 4 is 0 Å². The fourth-order valence-corrected chi connectivity index (χ4v) is 1.66. The van der Waals surface area contributed by atoms with Crippen LogP contribution < -0.4 is 5.32 Å². The molecule has 0 aromatic carbocycles. The normalized spacial score (nSPS) is 29.3. The van der Waals surface area contributed by atoms with Gasteiger partial charge in [0.2, 0.25) is 0 Å². The van der Waals surface area contributed by atoms with Gasteiger partial charge in [-0.25, -0.2) is 4.39 Å². The van der Waals surface area contributed by atoms with Crippen LogP contribution in [0.4, 0.5) is 4.39 Å². The van der Waals surface area contributed by atoms with Crippen molar-refractivity contribution in [2.45, 2.75) is 44.3 Å². The van der Waals surface area contributed by atoms with Crippen LogP contribution in [0.2, 0.25) is 0 Å². The second-order valence-corrected chi connectivity index (χ2v) is 3.83. The molecule has 0 aromatic heterocycles. The molecule has 1 saturated heterocycles. The number of rotatable bonds is 3. The van der Waals surface area contributed by atoms with Gasteiger partial charge in [0.1, 0.15) is 5.67 Å². The van der Waals surface area contributed by atoms with Crippen molar-refractivity contribution in [2.75, 3.05) is 6.54 Å². The molecule has 0 amide bonds. The highest BCUT2D eigenvalue weighted by Crippen LogP contribution is 2.22. The van der Waals surface area contributed by atoms with Gasteiger partial charge in [-0.05, 0) is 26.3 Å². The summed E-state index contributed by atoms with van der Waals surface area (Å²) in [6.07, 6.45) is 5.53. The zero-order chi connectivity index (χ0) is 9.03. The van der Waals surface area contributed by atoms with E-state index >= 15 is 0 Å². The van der Waals surface area contributed by atoms with Crippen LogP contribution >= 0.6 is 0 Å². The Hall–Kier alpha value is -0.370. The highest BCUT2D eigenvalue weighted by atomic mass is 19.1. The maximum atomic E-state index is 13.4. The zero-order valence-corrected chi connectivity index (χ0v) is 7.78. The van der Waals surface area contributed by atoms with E-state index in [1.54, 1.807) is 6.92 Å². The first-order valence-corrected chi connectivity index (χ1v) is 4.70. The van der Waals surface area contributed by atoms with Crippen LogP contribution in [0.15, 0.2) is 12.7 Å². The fraction of sp³-hybridized carbons (Fsp3) is 0.800. The first-order valence-electron chi connectivity index (χ1n) is 4.70. The van der Waals surface area contributed by atoms with Crippen molar-refractivity contribution in [3.05, 3.63) is 12.7 Å². The van der Waals surface area contributed by atoms with Crippen LogP contribution in [0, 0.1) is 0 Å². The molecule has 2 heteroatoms. The maximum absolute atomic E-state index is 13.4. The van der Waals surface area contributed by atoms with Gasteiger partial charge in [-0.15, -0.1) is 0 Å². The third kappa shape index (κ3) is 2.94. The molecule has 12 heavy (non-hydrogen) atoms. The molecule has 70 valence electrons. The van der Waals surface area contributed by atoms with Crippen LogP contribution in [0.25, 0.3) is 0 Å². The number of nitrogens with one attached hydrogen (secondary N) is 1. The standard InChI is InChI=1S/C10H18FN/c1-3-10(2,11)8-9-6-4-5-7-12-9/h3,9,12H,1,4-8H2,2H3. The average Bonchev–Trinajstić information content (AvgIpc) is 2.06. The van der Waals surface area contributed by atoms with Gasteiger partial charge in [-0.3, -0.25) is 0 Å². The quantitative estimate of drug-likeness (QED) is 0.643. The van der Waals surface area contributed by atoms with Crippen LogP contribution in [0.5, 0.6) is 0 Å². The molecule has 1 fully saturated rings. The van der Waals surface area contributed by atoms with E-state index in [0.29, 0.717) is 12.5 Å². The number of hydrogen-bond donors (Lipinski definition) is 1. The summed E-state index contributed by atoms with van der Waals surface area (Å²) < 4.78 is 13.4. The van der Waals surface area contributed by atoms with Crippen LogP contribution in [-0.2, 0) is 0 Å². The van der Waals surface area contributed by atoms with E-state index in [2.05, 4.69) is 11.9 Å². The van der Waals surface area contributed by atoms with Gasteiger partial charge >= 0.3 is 0 Å². The lowest BCUT2D eigenvalue weighted by Crippen LogP contribution is -2.38. The van der Waals surface area contributed by atoms with E-state index in [0.717, 1.165) is 13.0 Å². The van der Waals surface area contributed by atoms with Gasteiger partial charge in [-0.2, -0.15) is 0 Å². The molecule has 0 radical (unpaired) electrons. The third-order valence-corrected chi connectivity index (χ3v) is 2.48. The summed E-state index contributed by atoms with van der Waals surface area (Å²) in [4.78, 5) is 0. The predicted octanol–water partition coefficient (Wildman–Crippen LogP) is 2.43. The maximum Gasteiger partial charge on any atom is 0.127 e. The first kappa shape index (κ1) is 9.72. The van der Waals surface area contributed by atoms with Gasteiger partial charge in [-0.1, -0.05) is 19.1 Å². The molecular weight excluding hydrogens is 153 g/mol. The molecule has 1 aliphatic rings. The number of halogens is 1. The molecule has 0 bridgehead atoms. The highest BCUT2D eigenvalue weighted by molar-refractivity contribution is 4.95. The minimum atomic E-state index is -1.20. The molecule has 1 rings (SSSR count). The molecule has 1 aliphatic heterocycles. The van der Waals surface area contributed by atoms with E-state index in [4.69, 9.17) is 0 Å². The molecular formula is C10H18FN. The van der Waals surface area contributed by atoms with Gasteiger partial charge in [0, 0.05) is 12.5 Å². The molecule has 2 unspecified atom stereocenters. The Morgan fingerprint density at radius 3 is 2.92 bits per heavy atom. The zero-order valence-electron chi connectivity index (χ0n) is 7.78. The van der Waals surface area contributed by atoms with E-state index in [-0.39, 0.29) is 0 Å². The van der Waals surface area contributed by atoms with Crippen molar-refractivity contribution in [3.63, 3.8) is 0 Å². The summed E-state index contributed by atoms with van der Waals surface area (Å²) in [7, 11) is 0. The Kier molecular flexibility index (Phi) is 3.27. The Morgan fingerprint density at radius 1 is 1.67 bits per heavy atom. The smallest absolute Gasteiger partial charge is 0.127 e. The molecule has 2 atom stereocenters. The second-order valence-electron chi connectivity index (χ2n) is 3.83. The highest BCUT2D eigenvalue weighted by Gasteiger charge is 2.24. The number of hydrogen-bond acceptors (Lipinski definition) is 1. The van der Waals surface area contributed by atoms with Crippen molar-refractivity contribution in [2.24, 2.45) is 0 Å². The topological polar surface area (TPSA) is 12.0 Å². The van der Waals surface area contributed by atoms with Gasteiger partial charge < -0.3 is 5.32 Å². The summed E-state index contributed by atoms with van der Waals surface area (Å²) in [5.74, 6) is 0. The van der Waals surface area contributed by atoms with Gasteiger partial charge in [0.25, 0.3) is 0 Å². The van der Waals surface area contributed by atoms with E-state index in [9.17, 15) is 4.39 Å². The lowest BCUT2D eigenvalue weighted by Gasteiger charge is -2.27. The summed E-state index contributed by atoms with van der Waals surface area (Å²) in [6.45, 7) is 6.13. The minimum Gasteiger partial charge on any atom is -0.314 e. The largest absolute Gasteiger partial charge is 0.314 e. The molecule has 1 N–H and O–H groups in total. The summed E-state index contributed by atoms with van der Waals surface area (Å²) >= 11 is 0. The fourth-order valence-electron chi connectivity index (χ4n) is 1.66. The second kappa shape index (κ2) is 4.04. The summed E-state index contributed by atoms with van der Waals surface area (Å²) in [5.41, 5.74) is -1.20. The molecule has 0 aromatic rings. The Morgan fingerprint density at radius 2 is 2.42 bits per heavy atom. The minimum absolute atomic E-state index is 0.353. The van der Waals surface area contributed by atoms with Crippen molar-refractivity contribution in [3.8, 4) is 0 Å². The SMILES string of the molecule is C=CC(C)(F)CC1CCCCN1. The van der Waals surface area contributed by atoms with Crippen LogP contribution in [0.3, 0.4) is 0 Å². The molecule has 0 aliphatic carbocycles. The average molecular weight is 171 g/mol. The van der Waals surface area contributed by atoms with Gasteiger partial charge in [0.05, 0.1) is 0 Å². The lowest BCUT2D eigenvalue weighted by molar-refractivity contribution is 0.200. The van der Waals surface area contributed by atoms with Crippen molar-refractivity contribution < 1.29 is 4.39 Å². The predicted molar refractivity (Wildman–Crippen MR) is 50.0 cm³/mol. The third-order valence-electron chi connectivity index (χ3n) is 2.48. The summed E-state index contributed by atoms with van der Waals surface area (Å²) in [5, 5.41) is 3.32. The van der Waals surface area contributed by atoms with Gasteiger partial charge in [0.15, 0.2) is 0 Å². The molecule has 0 spiro atoms. The number of piperidine rings is 1. The van der Waals surface area contributed by atoms with E-state index in [1.165, 1.54) is 18.9 Å². The van der Waals surface area contributed by atoms with Crippen molar-refractivity contribution in [1.29, 1.82) is 0 Å². The number of allylic oxidation sites excluding steroid dienone is 1. The Labute approximate surface area is 74.0 Å².